The van der Waals surface area contributed by atoms with Crippen molar-refractivity contribution in [2.75, 3.05) is 21.3 Å². The number of pyridine rings is 1. The molecule has 1 aromatic heterocycles. The highest BCUT2D eigenvalue weighted by Gasteiger charge is 2.07. The molecule has 0 atom stereocenters. The summed E-state index contributed by atoms with van der Waals surface area (Å²) < 4.78 is 0. The molecule has 0 spiro atoms. The normalized spacial score (nSPS) is 10.6. The van der Waals surface area contributed by atoms with Gasteiger partial charge in [-0.2, -0.15) is 0 Å². The minimum atomic E-state index is -0.331. The van der Waals surface area contributed by atoms with Gasteiger partial charge in [0.25, 0.3) is 0 Å². The SMILES string of the molecule is O=C(Nc1ccccc1)Nc1ccc2cc3ccc(NC(=O)Nc4ccccc4)cc3nc2c1. The summed E-state index contributed by atoms with van der Waals surface area (Å²) in [6, 6.07) is 31.0. The van der Waals surface area contributed by atoms with E-state index in [0.29, 0.717) is 22.7 Å². The van der Waals surface area contributed by atoms with Crippen molar-refractivity contribution in [2.24, 2.45) is 0 Å². The zero-order valence-corrected chi connectivity index (χ0v) is 18.1. The molecule has 0 bridgehead atoms. The minimum Gasteiger partial charge on any atom is -0.308 e. The smallest absolute Gasteiger partial charge is 0.308 e. The summed E-state index contributed by atoms with van der Waals surface area (Å²) in [7, 11) is 0. The number of rotatable bonds is 4. The molecule has 7 nitrogen and oxygen atoms in total. The molecule has 34 heavy (non-hydrogen) atoms. The van der Waals surface area contributed by atoms with Gasteiger partial charge in [0.15, 0.2) is 0 Å². The number of hydrogen-bond donors (Lipinski definition) is 4. The van der Waals surface area contributed by atoms with Crippen LogP contribution >= 0.6 is 0 Å². The Morgan fingerprint density at radius 1 is 0.471 bits per heavy atom. The van der Waals surface area contributed by atoms with E-state index in [1.165, 1.54) is 0 Å². The molecule has 166 valence electrons. The fourth-order valence-corrected chi connectivity index (χ4v) is 3.61. The number of anilines is 4. The molecule has 0 saturated heterocycles. The Labute approximate surface area is 195 Å². The third-order valence-electron chi connectivity index (χ3n) is 5.19. The van der Waals surface area contributed by atoms with Gasteiger partial charge in [0.1, 0.15) is 0 Å². The molecule has 7 heteroatoms. The van der Waals surface area contributed by atoms with Gasteiger partial charge in [0.2, 0.25) is 0 Å². The zero-order chi connectivity index (χ0) is 23.3. The maximum atomic E-state index is 12.3. The van der Waals surface area contributed by atoms with E-state index in [9.17, 15) is 9.59 Å². The molecular formula is C27H21N5O2. The Balaban J connectivity index is 1.33. The molecule has 0 aliphatic rings. The van der Waals surface area contributed by atoms with Crippen LogP contribution in [0.4, 0.5) is 32.3 Å². The van der Waals surface area contributed by atoms with E-state index in [0.717, 1.165) is 21.8 Å². The standard InChI is InChI=1S/C27H21N5O2/c33-26(28-20-7-3-1-4-8-20)30-22-13-11-18-15-19-12-14-23(17-25(19)32-24(18)16-22)31-27(34)29-21-9-5-2-6-10-21/h1-17H,(H2,28,30,33)(H2,29,31,34). The first-order valence-corrected chi connectivity index (χ1v) is 10.7. The lowest BCUT2D eigenvalue weighted by molar-refractivity contribution is 0.261. The van der Waals surface area contributed by atoms with E-state index in [2.05, 4.69) is 21.3 Å². The predicted molar refractivity (Wildman–Crippen MR) is 137 cm³/mol. The molecule has 5 rings (SSSR count). The number of fused-ring (bicyclic) bond motifs is 2. The summed E-state index contributed by atoms with van der Waals surface area (Å²) in [5.74, 6) is 0. The topological polar surface area (TPSA) is 95.2 Å². The average molecular weight is 447 g/mol. The van der Waals surface area contributed by atoms with Crippen molar-refractivity contribution in [3.05, 3.63) is 103 Å². The lowest BCUT2D eigenvalue weighted by Crippen LogP contribution is -2.19. The van der Waals surface area contributed by atoms with Crippen molar-refractivity contribution in [2.45, 2.75) is 0 Å². The van der Waals surface area contributed by atoms with Crippen molar-refractivity contribution >= 4 is 56.6 Å². The number of nitrogens with one attached hydrogen (secondary N) is 4. The van der Waals surface area contributed by atoms with Crippen LogP contribution < -0.4 is 21.3 Å². The van der Waals surface area contributed by atoms with Crippen LogP contribution in [0.5, 0.6) is 0 Å². The predicted octanol–water partition coefficient (Wildman–Crippen LogP) is 6.68. The van der Waals surface area contributed by atoms with Gasteiger partial charge >= 0.3 is 12.1 Å². The molecule has 0 unspecified atom stereocenters. The number of benzene rings is 4. The zero-order valence-electron chi connectivity index (χ0n) is 18.1. The maximum Gasteiger partial charge on any atom is 0.323 e. The summed E-state index contributed by atoms with van der Waals surface area (Å²) in [5, 5.41) is 13.2. The number of nitrogens with zero attached hydrogens (tertiary/aromatic N) is 1. The quantitative estimate of drug-likeness (QED) is 0.232. The fraction of sp³-hybridized carbons (Fsp3) is 0. The lowest BCUT2D eigenvalue weighted by Gasteiger charge is -2.10. The molecule has 5 aromatic rings. The Morgan fingerprint density at radius 2 is 0.882 bits per heavy atom. The molecule has 4 aromatic carbocycles. The molecule has 4 N–H and O–H groups in total. The second-order valence-corrected chi connectivity index (χ2v) is 7.69. The fourth-order valence-electron chi connectivity index (χ4n) is 3.61. The highest BCUT2D eigenvalue weighted by molar-refractivity contribution is 6.03. The van der Waals surface area contributed by atoms with Crippen LogP contribution in [-0.2, 0) is 0 Å². The minimum absolute atomic E-state index is 0.331. The number of hydrogen-bond acceptors (Lipinski definition) is 3. The van der Waals surface area contributed by atoms with Crippen LogP contribution in [-0.4, -0.2) is 17.0 Å². The van der Waals surface area contributed by atoms with Crippen LogP contribution in [0.1, 0.15) is 0 Å². The molecule has 0 aliphatic heterocycles. The highest BCUT2D eigenvalue weighted by Crippen LogP contribution is 2.25. The average Bonchev–Trinajstić information content (AvgIpc) is 2.84. The van der Waals surface area contributed by atoms with Crippen LogP contribution in [0.2, 0.25) is 0 Å². The van der Waals surface area contributed by atoms with Crippen LogP contribution in [0.3, 0.4) is 0 Å². The Bertz CT molecular complexity index is 1380. The van der Waals surface area contributed by atoms with E-state index < -0.39 is 0 Å². The van der Waals surface area contributed by atoms with Gasteiger partial charge < -0.3 is 21.3 Å². The largest absolute Gasteiger partial charge is 0.323 e. The van der Waals surface area contributed by atoms with Gasteiger partial charge in [0.05, 0.1) is 11.0 Å². The summed E-state index contributed by atoms with van der Waals surface area (Å²) in [4.78, 5) is 29.4. The molecule has 0 aliphatic carbocycles. The second-order valence-electron chi connectivity index (χ2n) is 7.69. The summed E-state index contributed by atoms with van der Waals surface area (Å²) >= 11 is 0. The Hall–Kier alpha value is -4.91. The van der Waals surface area contributed by atoms with E-state index >= 15 is 0 Å². The van der Waals surface area contributed by atoms with Gasteiger partial charge in [-0.3, -0.25) is 0 Å². The molecule has 0 fully saturated rings. The van der Waals surface area contributed by atoms with Crippen molar-refractivity contribution < 1.29 is 9.59 Å². The third-order valence-corrected chi connectivity index (χ3v) is 5.19. The number of carbonyl (C=O) groups excluding carboxylic acids is 2. The van der Waals surface area contributed by atoms with Crippen molar-refractivity contribution in [1.29, 1.82) is 0 Å². The number of carbonyl (C=O) groups is 2. The monoisotopic (exact) mass is 447 g/mol. The number of aromatic nitrogens is 1. The van der Waals surface area contributed by atoms with Crippen molar-refractivity contribution in [3.8, 4) is 0 Å². The van der Waals surface area contributed by atoms with Crippen molar-refractivity contribution in [1.82, 2.24) is 4.98 Å². The van der Waals surface area contributed by atoms with Gasteiger partial charge in [-0.25, -0.2) is 14.6 Å². The number of urea groups is 2. The van der Waals surface area contributed by atoms with Gasteiger partial charge in [-0.15, -0.1) is 0 Å². The molecule has 0 saturated carbocycles. The van der Waals surface area contributed by atoms with E-state index in [-0.39, 0.29) is 12.1 Å². The summed E-state index contributed by atoms with van der Waals surface area (Å²) in [6.45, 7) is 0. The Kier molecular flexibility index (Phi) is 5.73. The van der Waals surface area contributed by atoms with Crippen LogP contribution in [0, 0.1) is 0 Å². The highest BCUT2D eigenvalue weighted by atomic mass is 16.2. The van der Waals surface area contributed by atoms with E-state index in [1.807, 2.05) is 103 Å². The van der Waals surface area contributed by atoms with Gasteiger partial charge in [0, 0.05) is 33.5 Å². The van der Waals surface area contributed by atoms with Crippen LogP contribution in [0.25, 0.3) is 21.8 Å². The molecule has 0 radical (unpaired) electrons. The third kappa shape index (κ3) is 4.94. The molecule has 4 amide bonds. The van der Waals surface area contributed by atoms with E-state index in [1.54, 1.807) is 0 Å². The first-order chi connectivity index (χ1) is 16.6. The van der Waals surface area contributed by atoms with Crippen LogP contribution in [0.15, 0.2) is 103 Å². The molecular weight excluding hydrogens is 426 g/mol. The number of amides is 4. The number of para-hydroxylation sites is 2. The second kappa shape index (κ2) is 9.30. The molecule has 1 heterocycles. The lowest BCUT2D eigenvalue weighted by atomic mass is 10.1. The Morgan fingerprint density at radius 3 is 1.32 bits per heavy atom. The van der Waals surface area contributed by atoms with Crippen molar-refractivity contribution in [3.63, 3.8) is 0 Å². The maximum absolute atomic E-state index is 12.3. The van der Waals surface area contributed by atoms with Gasteiger partial charge in [-0.1, -0.05) is 48.5 Å². The summed E-state index contributed by atoms with van der Waals surface area (Å²) in [6.07, 6.45) is 0. The van der Waals surface area contributed by atoms with Gasteiger partial charge in [-0.05, 0) is 54.6 Å². The summed E-state index contributed by atoms with van der Waals surface area (Å²) in [5.41, 5.74) is 4.14. The first-order valence-electron chi connectivity index (χ1n) is 10.7. The first kappa shape index (κ1) is 21.0. The van der Waals surface area contributed by atoms with E-state index in [4.69, 9.17) is 4.98 Å².